The quantitative estimate of drug-likeness (QED) is 0.581. The lowest BCUT2D eigenvalue weighted by Gasteiger charge is -2.15. The molecule has 92 valence electrons. The molecule has 16 heavy (non-hydrogen) atoms. The molecule has 1 aliphatic rings. The van der Waals surface area contributed by atoms with Gasteiger partial charge in [0, 0.05) is 26.1 Å². The van der Waals surface area contributed by atoms with Gasteiger partial charge >= 0.3 is 0 Å². The zero-order valence-electron chi connectivity index (χ0n) is 9.66. The smallest absolute Gasteiger partial charge is 0.225 e. The fourth-order valence-corrected chi connectivity index (χ4v) is 1.81. The summed E-state index contributed by atoms with van der Waals surface area (Å²) in [5.74, 6) is -0.0181. The van der Waals surface area contributed by atoms with Gasteiger partial charge in [-0.15, -0.1) is 0 Å². The first-order chi connectivity index (χ1) is 7.67. The molecule has 0 saturated carbocycles. The van der Waals surface area contributed by atoms with Gasteiger partial charge in [0.15, 0.2) is 0 Å². The third-order valence-electron chi connectivity index (χ3n) is 3.03. The number of aliphatic hydroxyl groups excluding tert-OH is 1. The van der Waals surface area contributed by atoms with E-state index < -0.39 is 0 Å². The summed E-state index contributed by atoms with van der Waals surface area (Å²) in [6, 6.07) is 0. The molecule has 1 saturated heterocycles. The van der Waals surface area contributed by atoms with Crippen molar-refractivity contribution in [1.82, 2.24) is 10.6 Å². The number of hydrogen-bond acceptors (Lipinski definition) is 3. The number of aliphatic hydroxyl groups is 1. The highest BCUT2D eigenvalue weighted by atomic mass is 16.3. The Hall–Kier alpha value is -1.10. The van der Waals surface area contributed by atoms with E-state index in [2.05, 4.69) is 10.6 Å². The molecule has 0 aromatic heterocycles. The zero-order valence-corrected chi connectivity index (χ0v) is 9.66. The summed E-state index contributed by atoms with van der Waals surface area (Å²) < 4.78 is 0. The number of amides is 2. The van der Waals surface area contributed by atoms with Gasteiger partial charge in [0.05, 0.1) is 5.92 Å². The van der Waals surface area contributed by atoms with Crippen molar-refractivity contribution < 1.29 is 14.7 Å². The molecule has 0 bridgehead atoms. The van der Waals surface area contributed by atoms with Crippen molar-refractivity contribution in [2.45, 2.75) is 26.2 Å². The molecule has 0 spiro atoms. The van der Waals surface area contributed by atoms with E-state index in [0.29, 0.717) is 31.8 Å². The first-order valence-corrected chi connectivity index (χ1v) is 5.82. The van der Waals surface area contributed by atoms with Crippen LogP contribution < -0.4 is 10.6 Å². The minimum Gasteiger partial charge on any atom is -0.396 e. The Morgan fingerprint density at radius 3 is 2.94 bits per heavy atom. The van der Waals surface area contributed by atoms with E-state index in [1.165, 1.54) is 0 Å². The van der Waals surface area contributed by atoms with Gasteiger partial charge in [-0.2, -0.15) is 0 Å². The summed E-state index contributed by atoms with van der Waals surface area (Å²) in [5, 5.41) is 14.3. The topological polar surface area (TPSA) is 78.4 Å². The molecule has 2 unspecified atom stereocenters. The third kappa shape index (κ3) is 3.81. The van der Waals surface area contributed by atoms with Gasteiger partial charge < -0.3 is 15.7 Å². The van der Waals surface area contributed by atoms with Crippen LogP contribution in [0.15, 0.2) is 0 Å². The first kappa shape index (κ1) is 13.0. The van der Waals surface area contributed by atoms with Crippen molar-refractivity contribution in [1.29, 1.82) is 0 Å². The van der Waals surface area contributed by atoms with Crippen molar-refractivity contribution in [3.8, 4) is 0 Å². The van der Waals surface area contributed by atoms with Crippen LogP contribution in [0.4, 0.5) is 0 Å². The van der Waals surface area contributed by atoms with E-state index in [0.717, 1.165) is 6.42 Å². The van der Waals surface area contributed by atoms with Gasteiger partial charge in [0.2, 0.25) is 11.8 Å². The molecule has 0 aliphatic carbocycles. The molecule has 1 aliphatic heterocycles. The molecule has 2 atom stereocenters. The van der Waals surface area contributed by atoms with E-state index in [1.54, 1.807) is 0 Å². The summed E-state index contributed by atoms with van der Waals surface area (Å²) in [7, 11) is 0. The first-order valence-electron chi connectivity index (χ1n) is 5.82. The van der Waals surface area contributed by atoms with Gasteiger partial charge in [-0.1, -0.05) is 13.3 Å². The Morgan fingerprint density at radius 2 is 2.44 bits per heavy atom. The molecular weight excluding hydrogens is 208 g/mol. The monoisotopic (exact) mass is 228 g/mol. The second-order valence-electron chi connectivity index (χ2n) is 4.24. The number of nitrogens with one attached hydrogen (secondary N) is 2. The molecule has 3 N–H and O–H groups in total. The van der Waals surface area contributed by atoms with Crippen LogP contribution in [0.25, 0.3) is 0 Å². The molecule has 5 heteroatoms. The molecule has 5 nitrogen and oxygen atoms in total. The van der Waals surface area contributed by atoms with Crippen LogP contribution in [0.3, 0.4) is 0 Å². The van der Waals surface area contributed by atoms with Crippen molar-refractivity contribution in [2.24, 2.45) is 11.8 Å². The number of carbonyl (C=O) groups excluding carboxylic acids is 2. The fourth-order valence-electron chi connectivity index (χ4n) is 1.81. The Kier molecular flexibility index (Phi) is 5.25. The number of carbonyl (C=O) groups is 2. The van der Waals surface area contributed by atoms with E-state index in [-0.39, 0.29) is 24.3 Å². The Balaban J connectivity index is 2.26. The van der Waals surface area contributed by atoms with Crippen molar-refractivity contribution in [2.75, 3.05) is 19.7 Å². The maximum absolute atomic E-state index is 11.6. The molecule has 1 fully saturated rings. The van der Waals surface area contributed by atoms with Crippen molar-refractivity contribution in [3.05, 3.63) is 0 Å². The SMILES string of the molecule is CCC(CCO)CNC(=O)C1CNC(=O)C1. The number of rotatable bonds is 6. The summed E-state index contributed by atoms with van der Waals surface area (Å²) in [5.41, 5.74) is 0. The second kappa shape index (κ2) is 6.48. The van der Waals surface area contributed by atoms with Gasteiger partial charge in [-0.3, -0.25) is 9.59 Å². The highest BCUT2D eigenvalue weighted by molar-refractivity contribution is 5.89. The fraction of sp³-hybridized carbons (Fsp3) is 0.818. The maximum Gasteiger partial charge on any atom is 0.225 e. The van der Waals surface area contributed by atoms with Crippen LogP contribution in [0.1, 0.15) is 26.2 Å². The van der Waals surface area contributed by atoms with Gasteiger partial charge in [0.1, 0.15) is 0 Å². The average molecular weight is 228 g/mol. The largest absolute Gasteiger partial charge is 0.396 e. The van der Waals surface area contributed by atoms with Crippen LogP contribution in [-0.2, 0) is 9.59 Å². The molecule has 0 aromatic carbocycles. The standard InChI is InChI=1S/C11H20N2O3/c1-2-8(3-4-14)6-13-11(16)9-5-10(15)12-7-9/h8-9,14H,2-7H2,1H3,(H,12,15)(H,13,16). The van der Waals surface area contributed by atoms with Crippen LogP contribution >= 0.6 is 0 Å². The molecule has 0 radical (unpaired) electrons. The number of hydrogen-bond donors (Lipinski definition) is 3. The van der Waals surface area contributed by atoms with Gasteiger partial charge in [-0.25, -0.2) is 0 Å². The molecule has 2 amide bonds. The predicted molar refractivity (Wildman–Crippen MR) is 59.6 cm³/mol. The summed E-state index contributed by atoms with van der Waals surface area (Å²) >= 11 is 0. The second-order valence-corrected chi connectivity index (χ2v) is 4.24. The predicted octanol–water partition coefficient (Wildman–Crippen LogP) is -0.353. The molecule has 1 heterocycles. The van der Waals surface area contributed by atoms with E-state index in [1.807, 2.05) is 6.92 Å². The lowest BCUT2D eigenvalue weighted by atomic mass is 10.0. The Labute approximate surface area is 95.6 Å². The Morgan fingerprint density at radius 1 is 1.69 bits per heavy atom. The maximum atomic E-state index is 11.6. The van der Waals surface area contributed by atoms with Gasteiger partial charge in [0.25, 0.3) is 0 Å². The van der Waals surface area contributed by atoms with Crippen molar-refractivity contribution >= 4 is 11.8 Å². The van der Waals surface area contributed by atoms with E-state index in [4.69, 9.17) is 5.11 Å². The lowest BCUT2D eigenvalue weighted by molar-refractivity contribution is -0.126. The summed E-state index contributed by atoms with van der Waals surface area (Å²) in [6.07, 6.45) is 1.93. The van der Waals surface area contributed by atoms with Crippen LogP contribution in [-0.4, -0.2) is 36.6 Å². The lowest BCUT2D eigenvalue weighted by Crippen LogP contribution is -2.35. The normalized spacial score (nSPS) is 21.6. The molecular formula is C11H20N2O3. The van der Waals surface area contributed by atoms with Crippen LogP contribution in [0.5, 0.6) is 0 Å². The summed E-state index contributed by atoms with van der Waals surface area (Å²) in [4.78, 5) is 22.6. The van der Waals surface area contributed by atoms with E-state index in [9.17, 15) is 9.59 Å². The highest BCUT2D eigenvalue weighted by Crippen LogP contribution is 2.10. The zero-order chi connectivity index (χ0) is 12.0. The summed E-state index contributed by atoms with van der Waals surface area (Å²) in [6.45, 7) is 3.22. The minimum absolute atomic E-state index is 0.0532. The highest BCUT2D eigenvalue weighted by Gasteiger charge is 2.27. The van der Waals surface area contributed by atoms with E-state index >= 15 is 0 Å². The Bertz CT molecular complexity index is 256. The molecule has 0 aromatic rings. The average Bonchev–Trinajstić information content (AvgIpc) is 2.70. The van der Waals surface area contributed by atoms with Crippen molar-refractivity contribution in [3.63, 3.8) is 0 Å². The van der Waals surface area contributed by atoms with Gasteiger partial charge in [-0.05, 0) is 12.3 Å². The van der Waals surface area contributed by atoms with Crippen LogP contribution in [0.2, 0.25) is 0 Å². The minimum atomic E-state index is -0.223. The van der Waals surface area contributed by atoms with Crippen LogP contribution in [0, 0.1) is 11.8 Å². The molecule has 1 rings (SSSR count). The third-order valence-corrected chi connectivity index (χ3v) is 3.03.